The summed E-state index contributed by atoms with van der Waals surface area (Å²) in [6.45, 7) is -0.0365. The summed E-state index contributed by atoms with van der Waals surface area (Å²) >= 11 is 1.36. The van der Waals surface area contributed by atoms with Crippen LogP contribution in [0.2, 0.25) is 0 Å². The number of carbonyl (C=O) groups is 2. The minimum Gasteiger partial charge on any atom is -0.494 e. The molecule has 1 saturated carbocycles. The molecule has 3 aromatic heterocycles. The van der Waals surface area contributed by atoms with Crippen LogP contribution in [0, 0.1) is 0 Å². The Labute approximate surface area is 263 Å². The number of aromatic nitrogens is 3. The van der Waals surface area contributed by atoms with E-state index in [0.717, 1.165) is 23.6 Å². The van der Waals surface area contributed by atoms with Gasteiger partial charge in [0.15, 0.2) is 0 Å². The molecule has 0 radical (unpaired) electrons. The molecule has 2 aliphatic rings. The van der Waals surface area contributed by atoms with Gasteiger partial charge in [0.25, 0.3) is 5.91 Å². The van der Waals surface area contributed by atoms with E-state index >= 15 is 0 Å². The van der Waals surface area contributed by atoms with Crippen molar-refractivity contribution in [2.24, 2.45) is 5.73 Å². The fraction of sp³-hybridized carbons (Fsp3) is 0.312. The van der Waals surface area contributed by atoms with Crippen molar-refractivity contribution in [3.63, 3.8) is 0 Å². The molecule has 0 spiro atoms. The zero-order valence-corrected chi connectivity index (χ0v) is 25.5. The molecule has 2 aromatic carbocycles. The number of methoxy groups -OCH3 is 1. The first-order chi connectivity index (χ1) is 21.8. The summed E-state index contributed by atoms with van der Waals surface area (Å²) in [7, 11) is 1.41. The predicted molar refractivity (Wildman–Crippen MR) is 164 cm³/mol. The van der Waals surface area contributed by atoms with E-state index in [1.54, 1.807) is 28.4 Å². The Balaban J connectivity index is 1.30. The minimum absolute atomic E-state index is 0.0197. The standard InChI is InChI=1S/C32H28F3N5O5S/c1-30(29(36)42)15-45-27-21(30)11-24(38-26(27)20-13-46-23-6-4-3-5-19(20)23)31(43,32(33,34)35)14-37-28(41)16-9-17-12-40(18-7-8-18)39-25(17)22(10-16)44-2/h3-6,9-13,18,43H,7-8,14-15H2,1-2H3,(H2,36,42)(H,37,41)/t30-,31-/m0/s1. The van der Waals surface area contributed by atoms with Crippen molar-refractivity contribution < 1.29 is 37.3 Å². The number of aliphatic hydroxyl groups is 1. The van der Waals surface area contributed by atoms with Crippen LogP contribution in [-0.2, 0) is 15.8 Å². The summed E-state index contributed by atoms with van der Waals surface area (Å²) in [6.07, 6.45) is -1.58. The van der Waals surface area contributed by atoms with Crippen molar-refractivity contribution >= 4 is 44.1 Å². The Morgan fingerprint density at radius 3 is 2.70 bits per heavy atom. The van der Waals surface area contributed by atoms with Gasteiger partial charge >= 0.3 is 6.18 Å². The van der Waals surface area contributed by atoms with Crippen LogP contribution in [-0.4, -0.2) is 58.1 Å². The maximum atomic E-state index is 14.9. The molecule has 14 heteroatoms. The molecule has 4 N–H and O–H groups in total. The SMILES string of the molecule is COc1cc(C(=O)NC[C@](O)(c2cc3c(c(-c4csc5ccccc45)n2)OC[C@]3(C)C(N)=O)C(F)(F)F)cc2cn(C3CC3)nc12. The van der Waals surface area contributed by atoms with E-state index in [0.29, 0.717) is 21.9 Å². The molecule has 10 nitrogen and oxygen atoms in total. The van der Waals surface area contributed by atoms with E-state index < -0.39 is 41.2 Å². The van der Waals surface area contributed by atoms with Crippen molar-refractivity contribution in [2.45, 2.75) is 43.0 Å². The maximum Gasteiger partial charge on any atom is 0.424 e. The van der Waals surface area contributed by atoms with Crippen LogP contribution in [0.1, 0.15) is 47.4 Å². The first-order valence-electron chi connectivity index (χ1n) is 14.4. The lowest BCUT2D eigenvalue weighted by molar-refractivity contribution is -0.265. The molecule has 4 heterocycles. The van der Waals surface area contributed by atoms with E-state index in [2.05, 4.69) is 15.4 Å². The Bertz CT molecular complexity index is 2060. The zero-order valence-electron chi connectivity index (χ0n) is 24.6. The van der Waals surface area contributed by atoms with E-state index in [1.165, 1.54) is 37.5 Å². The van der Waals surface area contributed by atoms with Gasteiger partial charge in [-0.15, -0.1) is 11.3 Å². The predicted octanol–water partition coefficient (Wildman–Crippen LogP) is 4.97. The first-order valence-corrected chi connectivity index (χ1v) is 15.3. The molecule has 46 heavy (non-hydrogen) atoms. The summed E-state index contributed by atoms with van der Waals surface area (Å²) in [6, 6.07) is 11.4. The Hall–Kier alpha value is -4.69. The molecular formula is C32H28F3N5O5S. The molecule has 5 aromatic rings. The van der Waals surface area contributed by atoms with E-state index in [4.69, 9.17) is 15.2 Å². The van der Waals surface area contributed by atoms with Crippen LogP contribution in [0.5, 0.6) is 11.5 Å². The highest BCUT2D eigenvalue weighted by Gasteiger charge is 2.57. The molecule has 2 amide bonds. The largest absolute Gasteiger partial charge is 0.494 e. The average Bonchev–Trinajstić information content (AvgIpc) is 3.49. The topological polar surface area (TPSA) is 142 Å². The molecular weight excluding hydrogens is 623 g/mol. The highest BCUT2D eigenvalue weighted by molar-refractivity contribution is 7.17. The van der Waals surface area contributed by atoms with Gasteiger partial charge in [-0.2, -0.15) is 18.3 Å². The highest BCUT2D eigenvalue weighted by atomic mass is 32.1. The number of nitrogens with two attached hydrogens (primary N) is 1. The number of nitrogens with one attached hydrogen (secondary N) is 1. The number of halogens is 3. The summed E-state index contributed by atoms with van der Waals surface area (Å²) in [5, 5.41) is 21.2. The molecule has 1 aliphatic carbocycles. The minimum atomic E-state index is -5.30. The molecule has 0 unspecified atom stereocenters. The number of hydrogen-bond donors (Lipinski definition) is 3. The number of ether oxygens (including phenoxy) is 2. The van der Waals surface area contributed by atoms with Crippen molar-refractivity contribution in [1.82, 2.24) is 20.1 Å². The Morgan fingerprint density at radius 2 is 2.00 bits per heavy atom. The van der Waals surface area contributed by atoms with Gasteiger partial charge in [-0.05, 0) is 44.0 Å². The molecule has 2 atom stereocenters. The van der Waals surface area contributed by atoms with Crippen LogP contribution >= 0.6 is 11.3 Å². The summed E-state index contributed by atoms with van der Waals surface area (Å²) in [5.74, 6) is -1.30. The van der Waals surface area contributed by atoms with Crippen LogP contribution in [0.3, 0.4) is 0 Å². The monoisotopic (exact) mass is 651 g/mol. The van der Waals surface area contributed by atoms with Crippen molar-refractivity contribution in [3.8, 4) is 22.8 Å². The lowest BCUT2D eigenvalue weighted by Crippen LogP contribution is -2.51. The van der Waals surface area contributed by atoms with Gasteiger partial charge in [-0.3, -0.25) is 14.3 Å². The van der Waals surface area contributed by atoms with E-state index in [-0.39, 0.29) is 41.0 Å². The number of primary amides is 1. The Morgan fingerprint density at radius 1 is 1.24 bits per heavy atom. The third-order valence-electron chi connectivity index (χ3n) is 8.74. The van der Waals surface area contributed by atoms with E-state index in [1.807, 2.05) is 12.1 Å². The second kappa shape index (κ2) is 10.4. The number of carbonyl (C=O) groups excluding carboxylic acids is 2. The number of fused-ring (bicyclic) bond motifs is 3. The number of nitrogens with zero attached hydrogens (tertiary/aromatic N) is 3. The molecule has 7 rings (SSSR count). The number of thiophene rings is 1. The van der Waals surface area contributed by atoms with Crippen LogP contribution in [0.15, 0.2) is 54.0 Å². The van der Waals surface area contributed by atoms with Gasteiger partial charge in [0.05, 0.1) is 25.4 Å². The van der Waals surface area contributed by atoms with Crippen LogP contribution in [0.4, 0.5) is 13.2 Å². The molecule has 238 valence electrons. The van der Waals surface area contributed by atoms with Crippen molar-refractivity contribution in [3.05, 3.63) is 70.9 Å². The summed E-state index contributed by atoms with van der Waals surface area (Å²) in [5.41, 5.74) is 0.812. The second-order valence-electron chi connectivity index (χ2n) is 11.9. The number of amides is 2. The van der Waals surface area contributed by atoms with Gasteiger partial charge in [0.1, 0.15) is 34.7 Å². The van der Waals surface area contributed by atoms with Gasteiger partial charge in [0, 0.05) is 43.7 Å². The molecule has 1 fully saturated rings. The fourth-order valence-corrected chi connectivity index (χ4v) is 6.67. The van der Waals surface area contributed by atoms with Gasteiger partial charge < -0.3 is 25.6 Å². The first kappa shape index (κ1) is 30.0. The quantitative estimate of drug-likeness (QED) is 0.215. The van der Waals surface area contributed by atoms with Gasteiger partial charge in [-0.1, -0.05) is 18.2 Å². The zero-order chi connectivity index (χ0) is 32.6. The van der Waals surface area contributed by atoms with Crippen molar-refractivity contribution in [1.29, 1.82) is 0 Å². The lowest BCUT2D eigenvalue weighted by atomic mass is 9.81. The summed E-state index contributed by atoms with van der Waals surface area (Å²) < 4.78 is 58.6. The van der Waals surface area contributed by atoms with Gasteiger partial charge in [0.2, 0.25) is 11.5 Å². The van der Waals surface area contributed by atoms with E-state index in [9.17, 15) is 27.9 Å². The Kier molecular flexibility index (Phi) is 6.79. The molecule has 1 aliphatic heterocycles. The van der Waals surface area contributed by atoms with Crippen molar-refractivity contribution in [2.75, 3.05) is 20.3 Å². The average molecular weight is 652 g/mol. The normalized spacial score (nSPS) is 19.1. The smallest absolute Gasteiger partial charge is 0.424 e. The third-order valence-corrected chi connectivity index (χ3v) is 9.71. The lowest BCUT2D eigenvalue weighted by Gasteiger charge is -2.31. The fourth-order valence-electron chi connectivity index (χ4n) is 5.72. The molecule has 0 saturated heterocycles. The van der Waals surface area contributed by atoms with Gasteiger partial charge in [-0.25, -0.2) is 4.98 Å². The second-order valence-corrected chi connectivity index (χ2v) is 12.8. The number of rotatable bonds is 8. The third kappa shape index (κ3) is 4.66. The highest BCUT2D eigenvalue weighted by Crippen LogP contribution is 2.49. The van der Waals surface area contributed by atoms with Crippen LogP contribution < -0.4 is 20.5 Å². The molecule has 0 bridgehead atoms. The van der Waals surface area contributed by atoms with Crippen LogP contribution in [0.25, 0.3) is 32.2 Å². The number of benzene rings is 2. The maximum absolute atomic E-state index is 14.9. The summed E-state index contributed by atoms with van der Waals surface area (Å²) in [4.78, 5) is 30.2. The number of pyridine rings is 1. The number of alkyl halides is 3. The number of hydrogen-bond acceptors (Lipinski definition) is 8.